The Bertz CT molecular complexity index is 500. The van der Waals surface area contributed by atoms with Crippen molar-refractivity contribution >= 4 is 15.9 Å². The molecule has 0 saturated heterocycles. The summed E-state index contributed by atoms with van der Waals surface area (Å²) in [5, 5.41) is 3.43. The predicted molar refractivity (Wildman–Crippen MR) is 78.5 cm³/mol. The fraction of sp³-hybridized carbons (Fsp3) is 0.267. The summed E-state index contributed by atoms with van der Waals surface area (Å²) in [6.07, 6.45) is 4.57. The van der Waals surface area contributed by atoms with Crippen molar-refractivity contribution in [3.05, 3.63) is 64.1 Å². The van der Waals surface area contributed by atoms with Gasteiger partial charge in [0.05, 0.1) is 6.04 Å². The molecule has 0 aliphatic carbocycles. The maximum Gasteiger partial charge on any atom is 0.123 e. The molecule has 0 fully saturated rings. The highest BCUT2D eigenvalue weighted by atomic mass is 79.9. The summed E-state index contributed by atoms with van der Waals surface area (Å²) >= 11 is 3.42. The van der Waals surface area contributed by atoms with Gasteiger partial charge in [0.2, 0.25) is 0 Å². The first kappa shape index (κ1) is 14.2. The smallest absolute Gasteiger partial charge is 0.123 e. The Hall–Kier alpha value is -1.26. The Balaban J connectivity index is 2.35. The van der Waals surface area contributed by atoms with Gasteiger partial charge in [-0.25, -0.2) is 4.39 Å². The predicted octanol–water partition coefficient (Wildman–Crippen LogP) is 4.07. The molecule has 0 radical (unpaired) electrons. The molecule has 1 heterocycles. The van der Waals surface area contributed by atoms with E-state index in [9.17, 15) is 4.39 Å². The van der Waals surface area contributed by atoms with Gasteiger partial charge in [0.15, 0.2) is 0 Å². The number of aromatic nitrogens is 1. The third-order valence-corrected chi connectivity index (χ3v) is 3.27. The van der Waals surface area contributed by atoms with Crippen molar-refractivity contribution in [3.8, 4) is 0 Å². The van der Waals surface area contributed by atoms with Crippen LogP contribution in [0.25, 0.3) is 0 Å². The molecule has 2 nitrogen and oxygen atoms in total. The van der Waals surface area contributed by atoms with Gasteiger partial charge in [-0.1, -0.05) is 19.1 Å². The summed E-state index contributed by atoms with van der Waals surface area (Å²) in [6, 6.07) is 8.65. The van der Waals surface area contributed by atoms with E-state index < -0.39 is 0 Å². The molecule has 0 bridgehead atoms. The number of hydrogen-bond donors (Lipinski definition) is 1. The second-order valence-electron chi connectivity index (χ2n) is 4.38. The van der Waals surface area contributed by atoms with Crippen LogP contribution in [-0.2, 0) is 0 Å². The summed E-state index contributed by atoms with van der Waals surface area (Å²) in [5.41, 5.74) is 1.93. The number of nitrogens with one attached hydrogen (secondary N) is 1. The van der Waals surface area contributed by atoms with E-state index in [1.165, 1.54) is 6.07 Å². The third-order valence-electron chi connectivity index (χ3n) is 2.84. The zero-order valence-corrected chi connectivity index (χ0v) is 12.3. The molecule has 1 atom stereocenters. The number of nitrogens with zero attached hydrogens (tertiary/aromatic N) is 1. The lowest BCUT2D eigenvalue weighted by Gasteiger charge is -2.19. The van der Waals surface area contributed by atoms with Crippen LogP contribution in [0.3, 0.4) is 0 Å². The highest BCUT2D eigenvalue weighted by molar-refractivity contribution is 9.10. The van der Waals surface area contributed by atoms with Crippen molar-refractivity contribution in [2.75, 3.05) is 6.54 Å². The molecular weight excluding hydrogens is 307 g/mol. The third kappa shape index (κ3) is 3.85. The number of hydrogen-bond acceptors (Lipinski definition) is 2. The van der Waals surface area contributed by atoms with E-state index >= 15 is 0 Å². The molecule has 0 amide bonds. The van der Waals surface area contributed by atoms with Crippen LogP contribution in [-0.4, -0.2) is 11.5 Å². The molecule has 100 valence electrons. The van der Waals surface area contributed by atoms with Gasteiger partial charge in [-0.2, -0.15) is 0 Å². The van der Waals surface area contributed by atoms with Crippen LogP contribution in [0.2, 0.25) is 0 Å². The van der Waals surface area contributed by atoms with Gasteiger partial charge in [0.1, 0.15) is 5.82 Å². The van der Waals surface area contributed by atoms with E-state index in [1.54, 1.807) is 18.3 Å². The van der Waals surface area contributed by atoms with E-state index in [-0.39, 0.29) is 11.9 Å². The molecule has 0 spiro atoms. The first-order valence-corrected chi connectivity index (χ1v) is 7.09. The largest absolute Gasteiger partial charge is 0.306 e. The fourth-order valence-electron chi connectivity index (χ4n) is 1.99. The number of pyridine rings is 1. The molecule has 0 aliphatic rings. The lowest BCUT2D eigenvalue weighted by Crippen LogP contribution is -2.23. The minimum absolute atomic E-state index is 0.0411. The summed E-state index contributed by atoms with van der Waals surface area (Å²) in [4.78, 5) is 4.18. The first-order valence-electron chi connectivity index (χ1n) is 6.30. The van der Waals surface area contributed by atoms with E-state index in [0.29, 0.717) is 0 Å². The molecular formula is C15H16BrFN2. The van der Waals surface area contributed by atoms with E-state index in [2.05, 4.69) is 33.2 Å². The van der Waals surface area contributed by atoms with Gasteiger partial charge in [0, 0.05) is 16.9 Å². The number of halogens is 2. The average molecular weight is 323 g/mol. The Morgan fingerprint density at radius 3 is 2.79 bits per heavy atom. The van der Waals surface area contributed by atoms with Crippen molar-refractivity contribution in [1.82, 2.24) is 10.3 Å². The maximum atomic E-state index is 13.4. The van der Waals surface area contributed by atoms with Crippen molar-refractivity contribution in [2.45, 2.75) is 19.4 Å². The minimum Gasteiger partial charge on any atom is -0.306 e. The SMILES string of the molecule is CCCNC(c1cccc(F)c1)c1cncc(Br)c1. The Morgan fingerprint density at radius 1 is 1.26 bits per heavy atom. The summed E-state index contributed by atoms with van der Waals surface area (Å²) in [5.74, 6) is -0.219. The molecule has 19 heavy (non-hydrogen) atoms. The monoisotopic (exact) mass is 322 g/mol. The molecule has 0 saturated carbocycles. The van der Waals surface area contributed by atoms with E-state index in [0.717, 1.165) is 28.6 Å². The van der Waals surface area contributed by atoms with Gasteiger partial charge in [0.25, 0.3) is 0 Å². The quantitative estimate of drug-likeness (QED) is 0.897. The van der Waals surface area contributed by atoms with Crippen LogP contribution in [0.5, 0.6) is 0 Å². The summed E-state index contributed by atoms with van der Waals surface area (Å²) in [7, 11) is 0. The lowest BCUT2D eigenvalue weighted by molar-refractivity contribution is 0.584. The fourth-order valence-corrected chi connectivity index (χ4v) is 2.37. The Morgan fingerprint density at radius 2 is 2.11 bits per heavy atom. The maximum absolute atomic E-state index is 13.4. The molecule has 1 aromatic carbocycles. The van der Waals surface area contributed by atoms with Crippen molar-refractivity contribution in [2.24, 2.45) is 0 Å². The van der Waals surface area contributed by atoms with Crippen LogP contribution in [0.4, 0.5) is 4.39 Å². The van der Waals surface area contributed by atoms with Gasteiger partial charge < -0.3 is 5.32 Å². The topological polar surface area (TPSA) is 24.9 Å². The van der Waals surface area contributed by atoms with Crippen LogP contribution in [0.15, 0.2) is 47.2 Å². The standard InChI is InChI=1S/C15H16BrFN2/c1-2-6-19-15(11-4-3-5-14(17)8-11)12-7-13(16)10-18-9-12/h3-5,7-10,15,19H,2,6H2,1H3. The summed E-state index contributed by atoms with van der Waals surface area (Å²) < 4.78 is 14.3. The van der Waals surface area contributed by atoms with E-state index in [1.807, 2.05) is 18.3 Å². The number of benzene rings is 1. The summed E-state index contributed by atoms with van der Waals surface area (Å²) in [6.45, 7) is 2.97. The van der Waals surface area contributed by atoms with Crippen LogP contribution in [0, 0.1) is 5.82 Å². The highest BCUT2D eigenvalue weighted by Gasteiger charge is 2.14. The Kier molecular flexibility index (Phi) is 5.05. The minimum atomic E-state index is -0.219. The van der Waals surface area contributed by atoms with Gasteiger partial charge in [-0.15, -0.1) is 0 Å². The van der Waals surface area contributed by atoms with Crippen molar-refractivity contribution < 1.29 is 4.39 Å². The van der Waals surface area contributed by atoms with E-state index in [4.69, 9.17) is 0 Å². The molecule has 2 rings (SSSR count). The molecule has 0 aliphatic heterocycles. The molecule has 2 aromatic rings. The van der Waals surface area contributed by atoms with Gasteiger partial charge in [-0.3, -0.25) is 4.98 Å². The number of rotatable bonds is 5. The van der Waals surface area contributed by atoms with Crippen molar-refractivity contribution in [3.63, 3.8) is 0 Å². The van der Waals surface area contributed by atoms with Crippen molar-refractivity contribution in [1.29, 1.82) is 0 Å². The Labute approximate surface area is 121 Å². The van der Waals surface area contributed by atoms with Gasteiger partial charge >= 0.3 is 0 Å². The van der Waals surface area contributed by atoms with Crippen LogP contribution in [0.1, 0.15) is 30.5 Å². The second kappa shape index (κ2) is 6.78. The molecule has 1 aromatic heterocycles. The zero-order valence-electron chi connectivity index (χ0n) is 10.7. The van der Waals surface area contributed by atoms with Gasteiger partial charge in [-0.05, 0) is 58.2 Å². The normalized spacial score (nSPS) is 12.4. The molecule has 1 N–H and O–H groups in total. The highest BCUT2D eigenvalue weighted by Crippen LogP contribution is 2.24. The molecule has 1 unspecified atom stereocenters. The zero-order chi connectivity index (χ0) is 13.7. The second-order valence-corrected chi connectivity index (χ2v) is 5.29. The average Bonchev–Trinajstić information content (AvgIpc) is 2.39. The van der Waals surface area contributed by atoms with Crippen LogP contribution < -0.4 is 5.32 Å². The first-order chi connectivity index (χ1) is 9.20. The van der Waals surface area contributed by atoms with Crippen LogP contribution >= 0.6 is 15.9 Å². The molecule has 4 heteroatoms. The lowest BCUT2D eigenvalue weighted by atomic mass is 10.00.